The van der Waals surface area contributed by atoms with Crippen LogP contribution in [-0.2, 0) is 11.2 Å². The molecule has 0 saturated carbocycles. The Hall–Kier alpha value is -2.46. The minimum atomic E-state index is 0.0841. The summed E-state index contributed by atoms with van der Waals surface area (Å²) in [5.74, 6) is 0.0841. The lowest BCUT2D eigenvalue weighted by Gasteiger charge is -2.36. The van der Waals surface area contributed by atoms with Crippen LogP contribution in [0.5, 0.6) is 0 Å². The zero-order valence-electron chi connectivity index (χ0n) is 15.4. The van der Waals surface area contributed by atoms with E-state index in [2.05, 4.69) is 16.0 Å². The average Bonchev–Trinajstić information content (AvgIpc) is 2.72. The summed E-state index contributed by atoms with van der Waals surface area (Å²) in [5, 5.41) is 0. The second-order valence-electron chi connectivity index (χ2n) is 6.84. The van der Waals surface area contributed by atoms with Gasteiger partial charge in [-0.05, 0) is 36.6 Å². The van der Waals surface area contributed by atoms with Gasteiger partial charge >= 0.3 is 0 Å². The number of hydrogen-bond donors (Lipinski definition) is 0. The Bertz CT molecular complexity index is 707. The van der Waals surface area contributed by atoms with Crippen LogP contribution in [-0.4, -0.2) is 53.4 Å². The Kier molecular flexibility index (Phi) is 6.56. The molecule has 136 valence electrons. The Morgan fingerprint density at radius 3 is 2.58 bits per heavy atom. The number of pyridine rings is 1. The molecule has 1 fully saturated rings. The lowest BCUT2D eigenvalue weighted by molar-refractivity contribution is -0.127. The zero-order valence-corrected chi connectivity index (χ0v) is 15.4. The summed E-state index contributed by atoms with van der Waals surface area (Å²) in [7, 11) is 1.92. The first kappa shape index (κ1) is 18.3. The molecule has 1 aliphatic heterocycles. The van der Waals surface area contributed by atoms with Crippen LogP contribution in [0.25, 0.3) is 6.08 Å². The number of hydrogen-bond acceptors (Lipinski definition) is 3. The number of amides is 1. The smallest absolute Gasteiger partial charge is 0.246 e. The number of nitrogens with zero attached hydrogens (tertiary/aromatic N) is 3. The van der Waals surface area contributed by atoms with Gasteiger partial charge in [0.05, 0.1) is 0 Å². The minimum Gasteiger partial charge on any atom is -0.339 e. The third kappa shape index (κ3) is 5.27. The second-order valence-corrected chi connectivity index (χ2v) is 6.84. The molecule has 26 heavy (non-hydrogen) atoms. The zero-order chi connectivity index (χ0) is 18.2. The molecule has 2 heterocycles. The number of likely N-dealkylation sites (tertiary alicyclic amines) is 1. The van der Waals surface area contributed by atoms with Crippen LogP contribution in [0.1, 0.15) is 24.1 Å². The van der Waals surface area contributed by atoms with Gasteiger partial charge in [0.2, 0.25) is 5.91 Å². The normalized spacial score (nSPS) is 16.0. The fourth-order valence-corrected chi connectivity index (χ4v) is 3.38. The van der Waals surface area contributed by atoms with Crippen molar-refractivity contribution in [3.8, 4) is 0 Å². The fraction of sp³-hybridized carbons (Fsp3) is 0.364. The third-order valence-electron chi connectivity index (χ3n) is 5.08. The number of likely N-dealkylation sites (N-methyl/N-ethyl adjacent to an activating group) is 1. The second kappa shape index (κ2) is 9.30. The Balaban J connectivity index is 1.43. The quantitative estimate of drug-likeness (QED) is 0.751. The van der Waals surface area contributed by atoms with Gasteiger partial charge in [0.15, 0.2) is 0 Å². The van der Waals surface area contributed by atoms with Gasteiger partial charge in [-0.25, -0.2) is 0 Å². The van der Waals surface area contributed by atoms with E-state index >= 15 is 0 Å². The molecule has 1 aliphatic rings. The Labute approximate surface area is 156 Å². The van der Waals surface area contributed by atoms with Crippen LogP contribution in [0.15, 0.2) is 60.8 Å². The molecule has 0 N–H and O–H groups in total. The number of aromatic nitrogens is 1. The van der Waals surface area contributed by atoms with Crippen molar-refractivity contribution in [2.75, 3.05) is 26.7 Å². The molecule has 1 saturated heterocycles. The number of benzene rings is 1. The number of piperidine rings is 1. The van der Waals surface area contributed by atoms with Gasteiger partial charge in [0.25, 0.3) is 0 Å². The van der Waals surface area contributed by atoms with Crippen LogP contribution in [0.3, 0.4) is 0 Å². The molecule has 1 aromatic heterocycles. The van der Waals surface area contributed by atoms with E-state index in [1.807, 2.05) is 66.7 Å². The van der Waals surface area contributed by atoms with Gasteiger partial charge in [0.1, 0.15) is 0 Å². The first-order chi connectivity index (χ1) is 12.7. The van der Waals surface area contributed by atoms with Crippen molar-refractivity contribution >= 4 is 12.0 Å². The summed E-state index contributed by atoms with van der Waals surface area (Å²) in [6, 6.07) is 16.3. The summed E-state index contributed by atoms with van der Waals surface area (Å²) < 4.78 is 0. The van der Waals surface area contributed by atoms with Gasteiger partial charge in [-0.2, -0.15) is 0 Å². The van der Waals surface area contributed by atoms with E-state index in [1.54, 1.807) is 6.08 Å². The van der Waals surface area contributed by atoms with Crippen molar-refractivity contribution in [1.82, 2.24) is 14.8 Å². The molecule has 0 bridgehead atoms. The van der Waals surface area contributed by atoms with Crippen molar-refractivity contribution in [2.45, 2.75) is 25.3 Å². The van der Waals surface area contributed by atoms with Crippen LogP contribution in [0.4, 0.5) is 0 Å². The maximum atomic E-state index is 12.4. The molecule has 1 aromatic carbocycles. The number of rotatable bonds is 6. The van der Waals surface area contributed by atoms with Crippen molar-refractivity contribution < 1.29 is 4.79 Å². The summed E-state index contributed by atoms with van der Waals surface area (Å²) in [4.78, 5) is 21.2. The van der Waals surface area contributed by atoms with Gasteiger partial charge in [-0.15, -0.1) is 0 Å². The van der Waals surface area contributed by atoms with Gasteiger partial charge < -0.3 is 9.80 Å². The molecule has 2 aromatic rings. The maximum Gasteiger partial charge on any atom is 0.246 e. The molecule has 4 nitrogen and oxygen atoms in total. The molecular weight excluding hydrogens is 322 g/mol. The predicted octanol–water partition coefficient (Wildman–Crippen LogP) is 3.26. The molecule has 0 atom stereocenters. The van der Waals surface area contributed by atoms with E-state index in [0.717, 1.165) is 50.2 Å². The highest BCUT2D eigenvalue weighted by Crippen LogP contribution is 2.16. The van der Waals surface area contributed by atoms with Crippen molar-refractivity contribution in [3.63, 3.8) is 0 Å². The van der Waals surface area contributed by atoms with E-state index in [4.69, 9.17) is 0 Å². The largest absolute Gasteiger partial charge is 0.339 e. The maximum absolute atomic E-state index is 12.4. The molecule has 0 spiro atoms. The molecule has 0 unspecified atom stereocenters. The van der Waals surface area contributed by atoms with Crippen LogP contribution >= 0.6 is 0 Å². The first-order valence-corrected chi connectivity index (χ1v) is 9.34. The van der Waals surface area contributed by atoms with Crippen molar-refractivity contribution in [1.29, 1.82) is 0 Å². The summed E-state index contributed by atoms with van der Waals surface area (Å²) >= 11 is 0. The van der Waals surface area contributed by atoms with Gasteiger partial charge in [0, 0.05) is 57.1 Å². The Morgan fingerprint density at radius 1 is 1.15 bits per heavy atom. The van der Waals surface area contributed by atoms with Gasteiger partial charge in [-0.1, -0.05) is 36.4 Å². The molecule has 4 heteroatoms. The molecule has 0 radical (unpaired) electrons. The SMILES string of the molecule is CN(C(=O)/C=C/c1ccccc1)C1CCN(CCc2ccccn2)CC1. The van der Waals surface area contributed by atoms with Crippen molar-refractivity contribution in [3.05, 3.63) is 72.1 Å². The van der Waals surface area contributed by atoms with E-state index < -0.39 is 0 Å². The number of carbonyl (C=O) groups is 1. The number of carbonyl (C=O) groups excluding carboxylic acids is 1. The monoisotopic (exact) mass is 349 g/mol. The summed E-state index contributed by atoms with van der Waals surface area (Å²) in [6.07, 6.45) is 8.47. The average molecular weight is 349 g/mol. The standard InChI is InChI=1S/C22H27N3O/c1-24(22(26)11-10-19-7-3-2-4-8-19)21-13-17-25(18-14-21)16-12-20-9-5-6-15-23-20/h2-11,15,21H,12-14,16-18H2,1H3/b11-10+. The highest BCUT2D eigenvalue weighted by Gasteiger charge is 2.24. The summed E-state index contributed by atoms with van der Waals surface area (Å²) in [6.45, 7) is 3.12. The van der Waals surface area contributed by atoms with Crippen LogP contribution in [0, 0.1) is 0 Å². The van der Waals surface area contributed by atoms with Crippen LogP contribution in [0.2, 0.25) is 0 Å². The molecule has 3 rings (SSSR count). The minimum absolute atomic E-state index is 0.0841. The highest BCUT2D eigenvalue weighted by molar-refractivity contribution is 5.91. The lowest BCUT2D eigenvalue weighted by atomic mass is 10.0. The Morgan fingerprint density at radius 2 is 1.88 bits per heavy atom. The highest BCUT2D eigenvalue weighted by atomic mass is 16.2. The topological polar surface area (TPSA) is 36.4 Å². The lowest BCUT2D eigenvalue weighted by Crippen LogP contribution is -2.45. The molecule has 0 aliphatic carbocycles. The van der Waals surface area contributed by atoms with Crippen molar-refractivity contribution in [2.24, 2.45) is 0 Å². The first-order valence-electron chi connectivity index (χ1n) is 9.34. The van der Waals surface area contributed by atoms with Crippen LogP contribution < -0.4 is 0 Å². The third-order valence-corrected chi connectivity index (χ3v) is 5.08. The van der Waals surface area contributed by atoms with E-state index in [0.29, 0.717) is 6.04 Å². The van der Waals surface area contributed by atoms with E-state index in [-0.39, 0.29) is 5.91 Å². The molecule has 1 amide bonds. The van der Waals surface area contributed by atoms with E-state index in [9.17, 15) is 4.79 Å². The van der Waals surface area contributed by atoms with E-state index in [1.165, 1.54) is 0 Å². The fourth-order valence-electron chi connectivity index (χ4n) is 3.38. The van der Waals surface area contributed by atoms with Gasteiger partial charge in [-0.3, -0.25) is 9.78 Å². The summed E-state index contributed by atoms with van der Waals surface area (Å²) in [5.41, 5.74) is 2.20. The predicted molar refractivity (Wildman–Crippen MR) is 106 cm³/mol. The molecular formula is C22H27N3O.